The maximum atomic E-state index is 12.1. The molecule has 1 aromatic rings. The van der Waals surface area contributed by atoms with Crippen LogP contribution in [-0.2, 0) is 28.5 Å². The van der Waals surface area contributed by atoms with Gasteiger partial charge in [-0.25, -0.2) is 19.2 Å². The fraction of sp³-hybridized carbons (Fsp3) is 0.417. The molecule has 2 unspecified atom stereocenters. The van der Waals surface area contributed by atoms with E-state index in [2.05, 4.69) is 13.2 Å². The molecule has 0 heterocycles. The van der Waals surface area contributed by atoms with Crippen LogP contribution < -0.4 is 0 Å². The van der Waals surface area contributed by atoms with Crippen molar-refractivity contribution in [3.05, 3.63) is 59.7 Å². The van der Waals surface area contributed by atoms with Gasteiger partial charge in [0.05, 0.1) is 36.5 Å². The van der Waals surface area contributed by atoms with Crippen LogP contribution in [0.5, 0.6) is 0 Å². The summed E-state index contributed by atoms with van der Waals surface area (Å²) in [5.41, 5.74) is 0.783. The van der Waals surface area contributed by atoms with Gasteiger partial charge in [-0.3, -0.25) is 0 Å². The number of hydrogen-bond donors (Lipinski definition) is 2. The van der Waals surface area contributed by atoms with Crippen molar-refractivity contribution in [3.8, 4) is 0 Å². The molecular formula is C24H30O10. The summed E-state index contributed by atoms with van der Waals surface area (Å²) in [5.74, 6) is -2.56. The van der Waals surface area contributed by atoms with Crippen LogP contribution in [0, 0.1) is 0 Å². The second-order valence-corrected chi connectivity index (χ2v) is 7.49. The van der Waals surface area contributed by atoms with Gasteiger partial charge in [0, 0.05) is 24.0 Å². The lowest BCUT2D eigenvalue weighted by atomic mass is 10.1. The van der Waals surface area contributed by atoms with E-state index in [0.29, 0.717) is 0 Å². The first-order valence-corrected chi connectivity index (χ1v) is 10.5. The fourth-order valence-corrected chi connectivity index (χ4v) is 2.24. The SMILES string of the molecule is C=C(C)C(=O)OCCC(O)COC(=O)c1ccc(C(=O)OCC(O)CCOC(=O)C(=C)C)cc1. The largest absolute Gasteiger partial charge is 0.462 e. The Bertz CT molecular complexity index is 815. The van der Waals surface area contributed by atoms with Crippen LogP contribution in [0.2, 0.25) is 0 Å². The number of aliphatic hydroxyl groups excluding tert-OH is 2. The zero-order valence-corrected chi connectivity index (χ0v) is 19.3. The van der Waals surface area contributed by atoms with Gasteiger partial charge < -0.3 is 29.2 Å². The minimum Gasteiger partial charge on any atom is -0.462 e. The quantitative estimate of drug-likeness (QED) is 0.230. The number of carbonyl (C=O) groups excluding carboxylic acids is 4. The average molecular weight is 478 g/mol. The third-order valence-corrected chi connectivity index (χ3v) is 4.24. The summed E-state index contributed by atoms with van der Waals surface area (Å²) in [6.07, 6.45) is -1.88. The van der Waals surface area contributed by atoms with Crippen LogP contribution in [0.4, 0.5) is 0 Å². The molecule has 186 valence electrons. The highest BCUT2D eigenvalue weighted by Crippen LogP contribution is 2.09. The van der Waals surface area contributed by atoms with Crippen molar-refractivity contribution in [2.24, 2.45) is 0 Å². The topological polar surface area (TPSA) is 146 Å². The number of aliphatic hydroxyl groups is 2. The lowest BCUT2D eigenvalue weighted by Crippen LogP contribution is -2.22. The minimum atomic E-state index is -1.02. The highest BCUT2D eigenvalue weighted by Gasteiger charge is 2.15. The van der Waals surface area contributed by atoms with E-state index < -0.39 is 36.1 Å². The molecule has 1 rings (SSSR count). The van der Waals surface area contributed by atoms with E-state index >= 15 is 0 Å². The highest BCUT2D eigenvalue weighted by molar-refractivity contribution is 5.93. The molecule has 10 heteroatoms. The van der Waals surface area contributed by atoms with Gasteiger partial charge in [-0.1, -0.05) is 13.2 Å². The Morgan fingerprint density at radius 2 is 1.03 bits per heavy atom. The maximum absolute atomic E-state index is 12.1. The summed E-state index contributed by atoms with van der Waals surface area (Å²) < 4.78 is 19.7. The number of esters is 4. The molecule has 0 radical (unpaired) electrons. The molecule has 0 aliphatic carbocycles. The number of carbonyl (C=O) groups is 4. The van der Waals surface area contributed by atoms with Crippen molar-refractivity contribution in [1.29, 1.82) is 0 Å². The van der Waals surface area contributed by atoms with Crippen molar-refractivity contribution in [2.75, 3.05) is 26.4 Å². The molecule has 0 aliphatic rings. The zero-order valence-electron chi connectivity index (χ0n) is 19.3. The molecule has 1 aromatic carbocycles. The first-order valence-electron chi connectivity index (χ1n) is 10.5. The molecule has 0 saturated carbocycles. The van der Waals surface area contributed by atoms with Crippen molar-refractivity contribution >= 4 is 23.9 Å². The highest BCUT2D eigenvalue weighted by atomic mass is 16.6. The van der Waals surface area contributed by atoms with E-state index in [1.54, 1.807) is 0 Å². The third-order valence-electron chi connectivity index (χ3n) is 4.24. The Balaban J connectivity index is 2.37. The van der Waals surface area contributed by atoms with Crippen molar-refractivity contribution < 1.29 is 48.3 Å². The number of rotatable bonds is 14. The van der Waals surface area contributed by atoms with Gasteiger partial charge in [0.25, 0.3) is 0 Å². The average Bonchev–Trinajstić information content (AvgIpc) is 2.80. The summed E-state index contributed by atoms with van der Waals surface area (Å²) in [4.78, 5) is 46.7. The third kappa shape index (κ3) is 10.9. The molecule has 10 nitrogen and oxygen atoms in total. The molecule has 0 fully saturated rings. The summed E-state index contributed by atoms with van der Waals surface area (Å²) in [6, 6.07) is 5.42. The molecule has 0 bridgehead atoms. The smallest absolute Gasteiger partial charge is 0.338 e. The Kier molecular flexibility index (Phi) is 12.3. The number of benzene rings is 1. The minimum absolute atomic E-state index is 0.0461. The van der Waals surface area contributed by atoms with E-state index in [9.17, 15) is 29.4 Å². The Morgan fingerprint density at radius 3 is 1.32 bits per heavy atom. The normalized spacial score (nSPS) is 12.1. The molecule has 0 amide bonds. The van der Waals surface area contributed by atoms with Gasteiger partial charge >= 0.3 is 23.9 Å². The summed E-state index contributed by atoms with van der Waals surface area (Å²) >= 11 is 0. The van der Waals surface area contributed by atoms with E-state index in [1.807, 2.05) is 0 Å². The van der Waals surface area contributed by atoms with Gasteiger partial charge in [-0.05, 0) is 38.1 Å². The standard InChI is InChI=1S/C24H30O10/c1-15(2)21(27)31-11-9-19(25)13-33-23(29)17-5-7-18(8-6-17)24(30)34-14-20(26)10-12-32-22(28)16(3)4/h5-8,19-20,25-26H,1,3,9-14H2,2,4H3. The number of ether oxygens (including phenoxy) is 4. The number of hydrogen-bond acceptors (Lipinski definition) is 10. The van der Waals surface area contributed by atoms with Crippen LogP contribution >= 0.6 is 0 Å². The Hall–Kier alpha value is -3.50. The molecule has 0 aliphatic heterocycles. The molecule has 34 heavy (non-hydrogen) atoms. The molecule has 2 N–H and O–H groups in total. The fourth-order valence-electron chi connectivity index (χ4n) is 2.24. The second-order valence-electron chi connectivity index (χ2n) is 7.49. The maximum Gasteiger partial charge on any atom is 0.338 e. The first-order chi connectivity index (χ1) is 16.0. The van der Waals surface area contributed by atoms with Crippen LogP contribution in [0.1, 0.15) is 47.4 Å². The Morgan fingerprint density at radius 1 is 0.706 bits per heavy atom. The van der Waals surface area contributed by atoms with Crippen molar-refractivity contribution in [1.82, 2.24) is 0 Å². The van der Waals surface area contributed by atoms with Gasteiger partial charge in [-0.15, -0.1) is 0 Å². The molecule has 2 atom stereocenters. The van der Waals surface area contributed by atoms with Crippen LogP contribution in [0.25, 0.3) is 0 Å². The van der Waals surface area contributed by atoms with Gasteiger partial charge in [0.2, 0.25) is 0 Å². The zero-order chi connectivity index (χ0) is 25.7. The lowest BCUT2D eigenvalue weighted by Gasteiger charge is -2.12. The van der Waals surface area contributed by atoms with Crippen molar-refractivity contribution in [3.63, 3.8) is 0 Å². The van der Waals surface area contributed by atoms with Gasteiger partial charge in [0.15, 0.2) is 0 Å². The molecule has 0 saturated heterocycles. The predicted molar refractivity (Wildman–Crippen MR) is 120 cm³/mol. The second kappa shape index (κ2) is 14.6. The van der Waals surface area contributed by atoms with Crippen molar-refractivity contribution in [2.45, 2.75) is 38.9 Å². The first kappa shape index (κ1) is 28.5. The lowest BCUT2D eigenvalue weighted by molar-refractivity contribution is -0.140. The van der Waals surface area contributed by atoms with Gasteiger partial charge in [0.1, 0.15) is 13.2 Å². The van der Waals surface area contributed by atoms with E-state index in [-0.39, 0.29) is 61.5 Å². The summed E-state index contributed by atoms with van der Waals surface area (Å²) in [6.45, 7) is 9.19. The predicted octanol–water partition coefficient (Wildman–Crippen LogP) is 1.74. The molecular weight excluding hydrogens is 448 g/mol. The Labute approximate surface area is 197 Å². The van der Waals surface area contributed by atoms with E-state index in [0.717, 1.165) is 0 Å². The summed E-state index contributed by atoms with van der Waals surface area (Å²) in [7, 11) is 0. The molecule has 0 spiro atoms. The van der Waals surface area contributed by atoms with Crippen LogP contribution in [0.15, 0.2) is 48.6 Å². The summed E-state index contributed by atoms with van der Waals surface area (Å²) in [5, 5.41) is 19.6. The van der Waals surface area contributed by atoms with Crippen LogP contribution in [0.3, 0.4) is 0 Å². The van der Waals surface area contributed by atoms with Gasteiger partial charge in [-0.2, -0.15) is 0 Å². The van der Waals surface area contributed by atoms with E-state index in [4.69, 9.17) is 18.9 Å². The van der Waals surface area contributed by atoms with E-state index in [1.165, 1.54) is 38.1 Å². The van der Waals surface area contributed by atoms with Crippen LogP contribution in [-0.4, -0.2) is 72.7 Å². The monoisotopic (exact) mass is 478 g/mol. The molecule has 0 aromatic heterocycles.